The highest BCUT2D eigenvalue weighted by atomic mass is 16.3. The Bertz CT molecular complexity index is 935. The van der Waals surface area contributed by atoms with Gasteiger partial charge in [-0.05, 0) is 55.2 Å². The Kier molecular flexibility index (Phi) is 3.89. The first kappa shape index (κ1) is 15.8. The lowest BCUT2D eigenvalue weighted by molar-refractivity contribution is 0.226. The number of aliphatic hydroxyl groups excluding tert-OH is 1. The van der Waals surface area contributed by atoms with E-state index < -0.39 is 0 Å². The highest BCUT2D eigenvalue weighted by molar-refractivity contribution is 5.87. The fourth-order valence-corrected chi connectivity index (χ4v) is 4.72. The molecule has 3 aromatic rings. The second-order valence-corrected chi connectivity index (χ2v) is 7.63. The maximum atomic E-state index is 9.43. The molecule has 2 aromatic heterocycles. The van der Waals surface area contributed by atoms with E-state index in [1.54, 1.807) is 6.33 Å². The molecule has 5 heteroatoms. The van der Waals surface area contributed by atoms with Gasteiger partial charge in [0.2, 0.25) is 0 Å². The molecule has 1 aromatic carbocycles. The van der Waals surface area contributed by atoms with Crippen LogP contribution in [0.5, 0.6) is 0 Å². The van der Waals surface area contributed by atoms with Crippen molar-refractivity contribution in [3.8, 4) is 0 Å². The number of rotatable bonds is 4. The second-order valence-electron chi connectivity index (χ2n) is 7.63. The number of fused-ring (bicyclic) bond motifs is 2. The molecular weight excluding hydrogens is 324 g/mol. The number of hydrogen-bond donors (Lipinski definition) is 2. The van der Waals surface area contributed by atoms with E-state index in [1.165, 1.54) is 11.1 Å². The summed E-state index contributed by atoms with van der Waals surface area (Å²) in [6, 6.07) is 11.5. The number of anilines is 1. The van der Waals surface area contributed by atoms with Crippen molar-refractivity contribution in [1.82, 2.24) is 14.5 Å². The Morgan fingerprint density at radius 2 is 2.04 bits per heavy atom. The standard InChI is InChI=1S/C21H24N4O/c26-12-14-5-7-16(11-14)25-10-9-18-20(22-13-23-21(18)25)24-19-8-6-15-3-1-2-4-17(15)19/h1-4,9-10,13-14,16,19,26H,5-8,11-12H2,(H,22,23,24)/t14-,16-,19-/m0/s1. The summed E-state index contributed by atoms with van der Waals surface area (Å²) in [6.07, 6.45) is 9.26. The summed E-state index contributed by atoms with van der Waals surface area (Å²) in [7, 11) is 0. The van der Waals surface area contributed by atoms with Crippen LogP contribution in [0.1, 0.15) is 48.9 Å². The van der Waals surface area contributed by atoms with Crippen LogP contribution < -0.4 is 5.32 Å². The highest BCUT2D eigenvalue weighted by Gasteiger charge is 2.27. The van der Waals surface area contributed by atoms with Crippen molar-refractivity contribution in [3.05, 3.63) is 54.0 Å². The number of nitrogens with zero attached hydrogens (tertiary/aromatic N) is 3. The van der Waals surface area contributed by atoms with E-state index in [2.05, 4.69) is 56.4 Å². The Hall–Kier alpha value is -2.40. The van der Waals surface area contributed by atoms with Crippen molar-refractivity contribution in [2.45, 2.75) is 44.2 Å². The number of hydrogen-bond acceptors (Lipinski definition) is 4. The molecule has 0 unspecified atom stereocenters. The van der Waals surface area contributed by atoms with Gasteiger partial charge in [0, 0.05) is 18.8 Å². The average molecular weight is 348 g/mol. The Morgan fingerprint density at radius 1 is 1.12 bits per heavy atom. The zero-order valence-electron chi connectivity index (χ0n) is 14.8. The number of benzene rings is 1. The molecular formula is C21H24N4O. The monoisotopic (exact) mass is 348 g/mol. The van der Waals surface area contributed by atoms with Crippen molar-refractivity contribution in [2.75, 3.05) is 11.9 Å². The van der Waals surface area contributed by atoms with E-state index in [9.17, 15) is 5.11 Å². The number of aromatic nitrogens is 3. The van der Waals surface area contributed by atoms with Crippen molar-refractivity contribution in [1.29, 1.82) is 0 Å². The molecule has 0 saturated heterocycles. The van der Waals surface area contributed by atoms with Gasteiger partial charge in [0.1, 0.15) is 17.8 Å². The van der Waals surface area contributed by atoms with Crippen molar-refractivity contribution in [2.24, 2.45) is 5.92 Å². The molecule has 2 heterocycles. The van der Waals surface area contributed by atoms with Crippen LogP contribution in [0, 0.1) is 5.92 Å². The predicted molar refractivity (Wildman–Crippen MR) is 102 cm³/mol. The summed E-state index contributed by atoms with van der Waals surface area (Å²) in [6.45, 7) is 0.290. The van der Waals surface area contributed by atoms with Crippen molar-refractivity contribution >= 4 is 16.9 Å². The van der Waals surface area contributed by atoms with Crippen LogP contribution >= 0.6 is 0 Å². The van der Waals surface area contributed by atoms with Crippen LogP contribution in [0.3, 0.4) is 0 Å². The summed E-state index contributed by atoms with van der Waals surface area (Å²) >= 11 is 0. The summed E-state index contributed by atoms with van der Waals surface area (Å²) in [5.41, 5.74) is 3.83. The van der Waals surface area contributed by atoms with Gasteiger partial charge in [-0.3, -0.25) is 0 Å². The molecule has 1 fully saturated rings. The van der Waals surface area contributed by atoms with Gasteiger partial charge in [0.25, 0.3) is 0 Å². The van der Waals surface area contributed by atoms with Gasteiger partial charge in [-0.1, -0.05) is 24.3 Å². The fourth-order valence-electron chi connectivity index (χ4n) is 4.72. The molecule has 0 radical (unpaired) electrons. The third kappa shape index (κ3) is 2.58. The molecule has 0 bridgehead atoms. The fraction of sp³-hybridized carbons (Fsp3) is 0.429. The van der Waals surface area contributed by atoms with E-state index in [-0.39, 0.29) is 0 Å². The summed E-state index contributed by atoms with van der Waals surface area (Å²) in [4.78, 5) is 9.10. The average Bonchev–Trinajstić information content (AvgIpc) is 3.40. The molecule has 0 spiro atoms. The zero-order chi connectivity index (χ0) is 17.5. The maximum absolute atomic E-state index is 9.43. The minimum absolute atomic E-state index is 0.290. The number of nitrogens with one attached hydrogen (secondary N) is 1. The molecule has 1 saturated carbocycles. The third-order valence-corrected chi connectivity index (χ3v) is 6.12. The van der Waals surface area contributed by atoms with Gasteiger partial charge in [-0.2, -0.15) is 0 Å². The van der Waals surface area contributed by atoms with Crippen LogP contribution in [0.15, 0.2) is 42.9 Å². The van der Waals surface area contributed by atoms with Crippen molar-refractivity contribution in [3.63, 3.8) is 0 Å². The smallest absolute Gasteiger partial charge is 0.145 e. The first-order chi connectivity index (χ1) is 12.8. The van der Waals surface area contributed by atoms with E-state index in [4.69, 9.17) is 0 Å². The van der Waals surface area contributed by atoms with Gasteiger partial charge < -0.3 is 15.0 Å². The Labute approximate surface area is 153 Å². The first-order valence-electron chi connectivity index (χ1n) is 9.60. The first-order valence-corrected chi connectivity index (χ1v) is 9.60. The van der Waals surface area contributed by atoms with Crippen LogP contribution in [0.2, 0.25) is 0 Å². The van der Waals surface area contributed by atoms with Crippen LogP contribution in [-0.2, 0) is 6.42 Å². The number of aliphatic hydroxyl groups is 1. The molecule has 0 amide bonds. The lowest BCUT2D eigenvalue weighted by Gasteiger charge is -2.16. The van der Waals surface area contributed by atoms with Crippen LogP contribution in [0.4, 0.5) is 5.82 Å². The summed E-state index contributed by atoms with van der Waals surface area (Å²) in [5.74, 6) is 1.35. The second kappa shape index (κ2) is 6.40. The normalized spacial score (nSPS) is 24.9. The van der Waals surface area contributed by atoms with E-state index >= 15 is 0 Å². The molecule has 0 aliphatic heterocycles. The molecule has 26 heavy (non-hydrogen) atoms. The van der Waals surface area contributed by atoms with E-state index in [1.807, 2.05) is 0 Å². The topological polar surface area (TPSA) is 63.0 Å². The van der Waals surface area contributed by atoms with Gasteiger partial charge in [-0.25, -0.2) is 9.97 Å². The lowest BCUT2D eigenvalue weighted by Crippen LogP contribution is -2.10. The minimum Gasteiger partial charge on any atom is -0.396 e. The van der Waals surface area contributed by atoms with Gasteiger partial charge in [0.15, 0.2) is 0 Å². The molecule has 5 nitrogen and oxygen atoms in total. The zero-order valence-corrected chi connectivity index (χ0v) is 14.8. The van der Waals surface area contributed by atoms with Gasteiger partial charge in [-0.15, -0.1) is 0 Å². The van der Waals surface area contributed by atoms with Gasteiger partial charge in [0.05, 0.1) is 11.4 Å². The van der Waals surface area contributed by atoms with Crippen molar-refractivity contribution < 1.29 is 5.11 Å². The molecule has 134 valence electrons. The molecule has 5 rings (SSSR count). The number of aryl methyl sites for hydroxylation is 1. The third-order valence-electron chi connectivity index (χ3n) is 6.12. The molecule has 2 aliphatic rings. The Morgan fingerprint density at radius 3 is 2.92 bits per heavy atom. The maximum Gasteiger partial charge on any atom is 0.145 e. The van der Waals surface area contributed by atoms with Crippen LogP contribution in [0.25, 0.3) is 11.0 Å². The molecule has 2 N–H and O–H groups in total. The Balaban J connectivity index is 1.45. The predicted octanol–water partition coefficient (Wildman–Crippen LogP) is 3.86. The van der Waals surface area contributed by atoms with E-state index in [0.29, 0.717) is 24.6 Å². The van der Waals surface area contributed by atoms with E-state index in [0.717, 1.165) is 49.0 Å². The largest absolute Gasteiger partial charge is 0.396 e. The molecule has 3 atom stereocenters. The lowest BCUT2D eigenvalue weighted by atomic mass is 10.1. The summed E-state index contributed by atoms with van der Waals surface area (Å²) < 4.78 is 2.28. The van der Waals surface area contributed by atoms with Crippen LogP contribution in [-0.4, -0.2) is 26.2 Å². The highest BCUT2D eigenvalue weighted by Crippen LogP contribution is 2.38. The van der Waals surface area contributed by atoms with Gasteiger partial charge >= 0.3 is 0 Å². The quantitative estimate of drug-likeness (QED) is 0.751. The molecule has 2 aliphatic carbocycles. The minimum atomic E-state index is 0.290. The summed E-state index contributed by atoms with van der Waals surface area (Å²) in [5, 5.41) is 14.2. The SMILES string of the molecule is OC[C@H]1CC[C@H](n2ccc3c(N[C@H]4CCc5ccccc54)ncnc32)C1.